The van der Waals surface area contributed by atoms with Crippen LogP contribution in [0, 0.1) is 28.6 Å². The quantitative estimate of drug-likeness (QED) is 0.650. The largest absolute Gasteiger partial charge is 0.381 e. The maximum atomic E-state index is 12.9. The molecular weight excluding hydrogens is 454 g/mol. The lowest BCUT2D eigenvalue weighted by atomic mass is 9.71. The zero-order valence-corrected chi connectivity index (χ0v) is 21.3. The first-order valence-electron chi connectivity index (χ1n) is 13.8. The second-order valence-electron chi connectivity index (χ2n) is 11.7. The molecule has 9 nitrogen and oxygen atoms in total. The molecule has 5 heterocycles. The molecule has 1 spiro atoms. The number of hydrogen-bond donors (Lipinski definition) is 1. The zero-order valence-electron chi connectivity index (χ0n) is 21.3. The molecule has 1 amide bonds. The number of fused-ring (bicyclic) bond motifs is 1. The molecule has 1 unspecified atom stereocenters. The van der Waals surface area contributed by atoms with E-state index >= 15 is 0 Å². The van der Waals surface area contributed by atoms with Gasteiger partial charge in [-0.25, -0.2) is 4.68 Å². The monoisotopic (exact) mass is 491 g/mol. The van der Waals surface area contributed by atoms with Crippen LogP contribution in [0.3, 0.4) is 0 Å². The number of carbonyl (C=O) groups is 1. The molecule has 4 aliphatic heterocycles. The van der Waals surface area contributed by atoms with E-state index in [9.17, 15) is 10.1 Å². The number of dihydropyridines is 1. The normalized spacial score (nSPS) is 32.5. The van der Waals surface area contributed by atoms with Gasteiger partial charge in [0.05, 0.1) is 41.1 Å². The lowest BCUT2D eigenvalue weighted by Crippen LogP contribution is -2.43. The highest BCUT2D eigenvalue weighted by Gasteiger charge is 2.46. The van der Waals surface area contributed by atoms with E-state index in [0.29, 0.717) is 24.0 Å². The number of carbonyl (C=O) groups excluding carboxylic acids is 1. The fourth-order valence-corrected chi connectivity index (χ4v) is 7.27. The lowest BCUT2D eigenvalue weighted by Gasteiger charge is -2.43. The second kappa shape index (κ2) is 9.29. The third-order valence-corrected chi connectivity index (χ3v) is 9.53. The molecule has 36 heavy (non-hydrogen) atoms. The summed E-state index contributed by atoms with van der Waals surface area (Å²) in [5, 5.41) is 17.8. The van der Waals surface area contributed by atoms with Crippen LogP contribution in [-0.4, -0.2) is 64.8 Å². The smallest absolute Gasteiger partial charge is 0.255 e. The minimum atomic E-state index is -0.433. The van der Waals surface area contributed by atoms with E-state index in [1.165, 1.54) is 6.42 Å². The average Bonchev–Trinajstić information content (AvgIpc) is 3.44. The number of ether oxygens (including phenoxy) is 1. The van der Waals surface area contributed by atoms with Gasteiger partial charge in [-0.3, -0.25) is 9.79 Å². The molecule has 0 aromatic carbocycles. The topological polar surface area (TPSA) is 108 Å². The van der Waals surface area contributed by atoms with Crippen LogP contribution in [0.15, 0.2) is 16.9 Å². The molecule has 1 N–H and O–H groups in total. The number of anilines is 1. The van der Waals surface area contributed by atoms with Crippen molar-refractivity contribution in [3.05, 3.63) is 11.9 Å². The molecule has 1 aromatic rings. The fourth-order valence-electron chi connectivity index (χ4n) is 7.27. The summed E-state index contributed by atoms with van der Waals surface area (Å²) in [7, 11) is 0. The summed E-state index contributed by atoms with van der Waals surface area (Å²) in [6, 6.07) is 2.59. The Hall–Kier alpha value is -2.73. The molecular formula is C27H37N7O2. The number of piperidine rings is 1. The van der Waals surface area contributed by atoms with Crippen LogP contribution in [0.5, 0.6) is 0 Å². The first kappa shape index (κ1) is 23.7. The van der Waals surface area contributed by atoms with E-state index < -0.39 is 5.54 Å². The minimum Gasteiger partial charge on any atom is -0.381 e. The van der Waals surface area contributed by atoms with Gasteiger partial charge in [0, 0.05) is 32.7 Å². The van der Waals surface area contributed by atoms with Crippen LogP contribution in [0.4, 0.5) is 5.95 Å². The van der Waals surface area contributed by atoms with Gasteiger partial charge in [0.25, 0.3) is 5.91 Å². The maximum Gasteiger partial charge on any atom is 0.255 e. The summed E-state index contributed by atoms with van der Waals surface area (Å²) in [5.41, 5.74) is 2.30. The van der Waals surface area contributed by atoms with Gasteiger partial charge in [-0.15, -0.1) is 5.10 Å². The number of nitrogens with zero attached hydrogens (tertiary/aromatic N) is 6. The van der Waals surface area contributed by atoms with Crippen LogP contribution in [0.1, 0.15) is 71.1 Å². The number of aliphatic imine (C=N–C) groups is 1. The Morgan fingerprint density at radius 2 is 1.92 bits per heavy atom. The second-order valence-corrected chi connectivity index (χ2v) is 11.7. The van der Waals surface area contributed by atoms with Gasteiger partial charge in [-0.1, -0.05) is 19.3 Å². The Balaban J connectivity index is 1.27. The van der Waals surface area contributed by atoms with E-state index in [1.807, 2.05) is 4.68 Å². The van der Waals surface area contributed by atoms with Gasteiger partial charge in [-0.2, -0.15) is 10.2 Å². The first-order chi connectivity index (χ1) is 17.5. The van der Waals surface area contributed by atoms with E-state index in [0.717, 1.165) is 95.0 Å². The Kier molecular flexibility index (Phi) is 6.11. The van der Waals surface area contributed by atoms with Crippen molar-refractivity contribution in [1.82, 2.24) is 20.1 Å². The molecule has 6 rings (SSSR count). The molecule has 1 saturated carbocycles. The number of nitrogens with one attached hydrogen (secondary N) is 1. The fraction of sp³-hybridized carbons (Fsp3) is 0.741. The van der Waals surface area contributed by atoms with E-state index in [1.54, 1.807) is 6.33 Å². The highest BCUT2D eigenvalue weighted by molar-refractivity contribution is 6.31. The highest BCUT2D eigenvalue weighted by Crippen LogP contribution is 2.46. The summed E-state index contributed by atoms with van der Waals surface area (Å²) < 4.78 is 7.42. The van der Waals surface area contributed by atoms with Crippen LogP contribution < -0.4 is 10.2 Å². The summed E-state index contributed by atoms with van der Waals surface area (Å²) in [5.74, 6) is 0.816. The van der Waals surface area contributed by atoms with Crippen LogP contribution in [0.25, 0.3) is 5.70 Å². The standard InChI is InChI=1S/C27H37N7O2/c1-26(20-6-4-2-3-5-19(20)16-28)15-22(23-21(31-26)17-29-24(23)35)34-18-30-25(32-34)33-11-7-27(8-12-33)9-13-36-14-10-27/h18-20H,2-15,17H2,1H3,(H,29,35)/t19-,20-,26?/m1/s1. The molecule has 9 heteroatoms. The molecule has 192 valence electrons. The Labute approximate surface area is 213 Å². The van der Waals surface area contributed by atoms with Crippen molar-refractivity contribution >= 4 is 23.3 Å². The molecule has 3 saturated heterocycles. The van der Waals surface area contributed by atoms with Crippen molar-refractivity contribution < 1.29 is 9.53 Å². The number of hydrogen-bond acceptors (Lipinski definition) is 7. The molecule has 5 aliphatic rings. The molecule has 1 aromatic heterocycles. The molecule has 1 aliphatic carbocycles. The third kappa shape index (κ3) is 4.13. The zero-order chi connectivity index (χ0) is 24.8. The van der Waals surface area contributed by atoms with Gasteiger partial charge in [-0.05, 0) is 56.8 Å². The average molecular weight is 492 g/mol. The van der Waals surface area contributed by atoms with Crippen molar-refractivity contribution in [3.8, 4) is 6.07 Å². The van der Waals surface area contributed by atoms with Gasteiger partial charge in [0.1, 0.15) is 6.33 Å². The van der Waals surface area contributed by atoms with Crippen LogP contribution >= 0.6 is 0 Å². The highest BCUT2D eigenvalue weighted by atomic mass is 16.5. The Morgan fingerprint density at radius 1 is 1.14 bits per heavy atom. The Morgan fingerprint density at radius 3 is 2.69 bits per heavy atom. The summed E-state index contributed by atoms with van der Waals surface area (Å²) in [4.78, 5) is 25.0. The van der Waals surface area contributed by atoms with Crippen molar-refractivity contribution in [2.75, 3.05) is 37.7 Å². The van der Waals surface area contributed by atoms with Crippen LogP contribution in [-0.2, 0) is 9.53 Å². The molecule has 4 fully saturated rings. The summed E-state index contributed by atoms with van der Waals surface area (Å²) in [6.07, 6.45) is 12.3. The maximum absolute atomic E-state index is 12.9. The van der Waals surface area contributed by atoms with E-state index in [-0.39, 0.29) is 17.7 Å². The SMILES string of the molecule is CC1([C@@H]2CCCCC[C@@H]2C#N)CC(n2cnc(N3CCC4(CCOCC4)CC3)n2)=C2C(=O)NCC2=N1. The molecule has 0 radical (unpaired) electrons. The van der Waals surface area contributed by atoms with Gasteiger partial charge >= 0.3 is 0 Å². The van der Waals surface area contributed by atoms with Crippen LogP contribution in [0.2, 0.25) is 0 Å². The number of nitriles is 1. The van der Waals surface area contributed by atoms with E-state index in [4.69, 9.17) is 14.8 Å². The minimum absolute atomic E-state index is 0.00752. The van der Waals surface area contributed by atoms with E-state index in [2.05, 4.69) is 28.2 Å². The van der Waals surface area contributed by atoms with Crippen molar-refractivity contribution in [2.45, 2.75) is 76.7 Å². The van der Waals surface area contributed by atoms with Crippen molar-refractivity contribution in [3.63, 3.8) is 0 Å². The third-order valence-electron chi connectivity index (χ3n) is 9.53. The predicted octanol–water partition coefficient (Wildman–Crippen LogP) is 3.34. The predicted molar refractivity (Wildman–Crippen MR) is 136 cm³/mol. The number of aromatic nitrogens is 3. The van der Waals surface area contributed by atoms with Gasteiger partial charge in [0.2, 0.25) is 5.95 Å². The lowest BCUT2D eigenvalue weighted by molar-refractivity contribution is -0.116. The van der Waals surface area contributed by atoms with Crippen molar-refractivity contribution in [2.24, 2.45) is 22.2 Å². The van der Waals surface area contributed by atoms with Gasteiger partial charge in [0.15, 0.2) is 0 Å². The van der Waals surface area contributed by atoms with Gasteiger partial charge < -0.3 is 15.0 Å². The molecule has 0 bridgehead atoms. The first-order valence-corrected chi connectivity index (χ1v) is 13.8. The molecule has 3 atom stereocenters. The van der Waals surface area contributed by atoms with Crippen molar-refractivity contribution in [1.29, 1.82) is 5.26 Å². The summed E-state index contributed by atoms with van der Waals surface area (Å²) in [6.45, 7) is 6.27. The number of rotatable bonds is 3. The Bertz CT molecular complexity index is 1120. The number of amides is 1. The summed E-state index contributed by atoms with van der Waals surface area (Å²) >= 11 is 0.